The third kappa shape index (κ3) is 1.65. The Labute approximate surface area is 104 Å². The Hall–Kier alpha value is -0.760. The van der Waals surface area contributed by atoms with Gasteiger partial charge in [-0.2, -0.15) is 0 Å². The minimum atomic E-state index is -0.0941. The minimum Gasteiger partial charge on any atom is -0.497 e. The van der Waals surface area contributed by atoms with E-state index in [1.165, 1.54) is 11.1 Å². The molecule has 0 radical (unpaired) electrons. The summed E-state index contributed by atoms with van der Waals surface area (Å²) in [7, 11) is 0. The monoisotopic (exact) mass is 236 g/mol. The first-order valence-corrected chi connectivity index (χ1v) is 6.53. The fourth-order valence-corrected chi connectivity index (χ4v) is 3.59. The molecule has 2 nitrogen and oxygen atoms in total. The van der Waals surface area contributed by atoms with E-state index < -0.39 is 0 Å². The molecule has 17 heavy (non-hydrogen) atoms. The molecule has 2 bridgehead atoms. The Kier molecular flexibility index (Phi) is 3.11. The second kappa shape index (κ2) is 4.16. The topological polar surface area (TPSA) is 29.5 Å². The zero-order chi connectivity index (χ0) is 12.8. The molecule has 1 heterocycles. The van der Waals surface area contributed by atoms with Crippen molar-refractivity contribution in [2.75, 3.05) is 13.2 Å². The van der Waals surface area contributed by atoms with Gasteiger partial charge in [0.25, 0.3) is 0 Å². The van der Waals surface area contributed by atoms with Gasteiger partial charge in [-0.1, -0.05) is 25.5 Å². The lowest BCUT2D eigenvalue weighted by molar-refractivity contribution is -0.0933. The summed E-state index contributed by atoms with van der Waals surface area (Å²) in [5.74, 6) is 2.32. The van der Waals surface area contributed by atoms with Crippen LogP contribution in [0.5, 0.6) is 0 Å². The van der Waals surface area contributed by atoms with Crippen molar-refractivity contribution in [3.63, 3.8) is 0 Å². The van der Waals surface area contributed by atoms with E-state index >= 15 is 0 Å². The summed E-state index contributed by atoms with van der Waals surface area (Å²) in [5, 5.41) is 9.82. The van der Waals surface area contributed by atoms with Gasteiger partial charge in [0.2, 0.25) is 0 Å². The molecule has 0 amide bonds. The van der Waals surface area contributed by atoms with Crippen LogP contribution >= 0.6 is 0 Å². The summed E-state index contributed by atoms with van der Waals surface area (Å²) < 4.78 is 5.99. The molecule has 2 heteroatoms. The summed E-state index contributed by atoms with van der Waals surface area (Å²) in [4.78, 5) is 0. The fourth-order valence-electron chi connectivity index (χ4n) is 3.59. The van der Waals surface area contributed by atoms with E-state index in [1.54, 1.807) is 0 Å². The lowest BCUT2D eigenvalue weighted by Gasteiger charge is -2.53. The van der Waals surface area contributed by atoms with Crippen LogP contribution in [0.3, 0.4) is 0 Å². The Balaban J connectivity index is 2.52. The highest BCUT2D eigenvalue weighted by molar-refractivity contribution is 5.29. The normalized spacial score (nSPS) is 40.7. The van der Waals surface area contributed by atoms with Crippen LogP contribution in [0.2, 0.25) is 0 Å². The average molecular weight is 236 g/mol. The van der Waals surface area contributed by atoms with Crippen LogP contribution in [0.1, 0.15) is 34.6 Å². The van der Waals surface area contributed by atoms with Gasteiger partial charge >= 0.3 is 0 Å². The maximum atomic E-state index is 9.82. The third-order valence-electron chi connectivity index (χ3n) is 4.88. The molecule has 0 unspecified atom stereocenters. The molecule has 2 rings (SSSR count). The summed E-state index contributed by atoms with van der Waals surface area (Å²) in [6.45, 7) is 11.7. The number of hydrogen-bond acceptors (Lipinski definition) is 2. The molecule has 2 aliphatic rings. The van der Waals surface area contributed by atoms with Crippen molar-refractivity contribution in [1.29, 1.82) is 0 Å². The Morgan fingerprint density at radius 3 is 2.65 bits per heavy atom. The fraction of sp³-hybridized carbons (Fsp3) is 0.733. The molecule has 96 valence electrons. The molecule has 1 fully saturated rings. The van der Waals surface area contributed by atoms with Crippen molar-refractivity contribution < 1.29 is 9.84 Å². The molecule has 1 aliphatic carbocycles. The van der Waals surface area contributed by atoms with E-state index in [0.29, 0.717) is 24.4 Å². The van der Waals surface area contributed by atoms with Gasteiger partial charge in [-0.3, -0.25) is 0 Å². The maximum absolute atomic E-state index is 9.82. The molecule has 0 aromatic rings. The smallest absolute Gasteiger partial charge is 0.102 e. The second-order valence-electron chi connectivity index (χ2n) is 6.01. The largest absolute Gasteiger partial charge is 0.497 e. The van der Waals surface area contributed by atoms with E-state index in [0.717, 1.165) is 5.76 Å². The summed E-state index contributed by atoms with van der Waals surface area (Å²) in [6, 6.07) is 0. The van der Waals surface area contributed by atoms with Crippen molar-refractivity contribution in [1.82, 2.24) is 0 Å². The van der Waals surface area contributed by atoms with E-state index in [-0.39, 0.29) is 12.0 Å². The first-order chi connectivity index (χ1) is 7.94. The minimum absolute atomic E-state index is 0.0941. The predicted octanol–water partition coefficient (Wildman–Crippen LogP) is 3.14. The van der Waals surface area contributed by atoms with Crippen molar-refractivity contribution in [2.45, 2.75) is 34.6 Å². The van der Waals surface area contributed by atoms with Crippen molar-refractivity contribution in [3.8, 4) is 0 Å². The quantitative estimate of drug-likeness (QED) is 0.709. The number of hydrogen-bond donors (Lipinski definition) is 1. The number of ether oxygens (including phenoxy) is 1. The Morgan fingerprint density at radius 2 is 2.12 bits per heavy atom. The molecule has 0 spiro atoms. The molecule has 4 atom stereocenters. The Morgan fingerprint density at radius 1 is 1.47 bits per heavy atom. The number of aliphatic hydroxyl groups is 1. The average Bonchev–Trinajstić information content (AvgIpc) is 2.26. The highest BCUT2D eigenvalue weighted by atomic mass is 16.5. The highest BCUT2D eigenvalue weighted by Gasteiger charge is 2.52. The predicted molar refractivity (Wildman–Crippen MR) is 69.4 cm³/mol. The van der Waals surface area contributed by atoms with Crippen molar-refractivity contribution in [2.24, 2.45) is 23.2 Å². The SMILES string of the molecule is CC1=C[C@H](C)[C@@]2(CO)COC(=C(C)C)[C@H]1[C@H]2C. The van der Waals surface area contributed by atoms with Crippen molar-refractivity contribution in [3.05, 3.63) is 23.0 Å². The third-order valence-corrected chi connectivity index (χ3v) is 4.88. The van der Waals surface area contributed by atoms with Gasteiger partial charge < -0.3 is 9.84 Å². The van der Waals surface area contributed by atoms with Gasteiger partial charge in [-0.25, -0.2) is 0 Å². The van der Waals surface area contributed by atoms with Gasteiger partial charge in [0.15, 0.2) is 0 Å². The Bertz CT molecular complexity index is 376. The lowest BCUT2D eigenvalue weighted by Crippen LogP contribution is -2.52. The summed E-state index contributed by atoms with van der Waals surface area (Å²) in [5.41, 5.74) is 2.56. The molecule has 0 saturated carbocycles. The maximum Gasteiger partial charge on any atom is 0.102 e. The molecular formula is C15H24O2. The second-order valence-corrected chi connectivity index (χ2v) is 6.01. The van der Waals surface area contributed by atoms with Gasteiger partial charge in [-0.05, 0) is 38.2 Å². The van der Waals surface area contributed by atoms with E-state index in [9.17, 15) is 5.11 Å². The molecular weight excluding hydrogens is 212 g/mol. The van der Waals surface area contributed by atoms with Crippen LogP contribution in [-0.2, 0) is 4.74 Å². The number of aliphatic hydroxyl groups excluding tert-OH is 1. The standard InChI is InChI=1S/C15H24O2/c1-9(2)14-13-10(3)6-11(4)15(7-16,8-17-14)12(13)5/h6,11-13,16H,7-8H2,1-5H3/t11-,12+,13+,15+/m0/s1. The summed E-state index contributed by atoms with van der Waals surface area (Å²) in [6.07, 6.45) is 2.33. The molecule has 0 aromatic heterocycles. The van der Waals surface area contributed by atoms with Crippen LogP contribution in [-0.4, -0.2) is 18.3 Å². The van der Waals surface area contributed by atoms with Crippen LogP contribution in [0.25, 0.3) is 0 Å². The first kappa shape index (κ1) is 12.7. The zero-order valence-electron chi connectivity index (χ0n) is 11.6. The molecule has 1 N–H and O–H groups in total. The van der Waals surface area contributed by atoms with Crippen LogP contribution in [0.4, 0.5) is 0 Å². The number of allylic oxidation sites excluding steroid dienone is 3. The van der Waals surface area contributed by atoms with Crippen molar-refractivity contribution >= 4 is 0 Å². The van der Waals surface area contributed by atoms with E-state index in [1.807, 2.05) is 0 Å². The van der Waals surface area contributed by atoms with E-state index in [4.69, 9.17) is 4.74 Å². The van der Waals surface area contributed by atoms with E-state index in [2.05, 4.69) is 40.7 Å². The van der Waals surface area contributed by atoms with Gasteiger partial charge in [0.1, 0.15) is 5.76 Å². The molecule has 0 aromatic carbocycles. The molecule has 1 aliphatic heterocycles. The van der Waals surface area contributed by atoms with Crippen LogP contribution < -0.4 is 0 Å². The van der Waals surface area contributed by atoms with Crippen LogP contribution in [0.15, 0.2) is 23.0 Å². The first-order valence-electron chi connectivity index (χ1n) is 6.53. The highest BCUT2D eigenvalue weighted by Crippen LogP contribution is 2.53. The molecule has 1 saturated heterocycles. The van der Waals surface area contributed by atoms with Gasteiger partial charge in [0.05, 0.1) is 13.2 Å². The number of rotatable bonds is 1. The number of fused-ring (bicyclic) bond motifs is 2. The van der Waals surface area contributed by atoms with Gasteiger partial charge in [-0.15, -0.1) is 0 Å². The summed E-state index contributed by atoms with van der Waals surface area (Å²) >= 11 is 0. The zero-order valence-corrected chi connectivity index (χ0v) is 11.6. The van der Waals surface area contributed by atoms with Gasteiger partial charge in [0, 0.05) is 11.3 Å². The lowest BCUT2D eigenvalue weighted by atomic mass is 9.57. The van der Waals surface area contributed by atoms with Crippen LogP contribution in [0, 0.1) is 23.2 Å².